The molecule has 0 rings (SSSR count). The summed E-state index contributed by atoms with van der Waals surface area (Å²) >= 11 is 0.968. The zero-order valence-electron chi connectivity index (χ0n) is 17.3. The number of halogens is 16. The third-order valence-electron chi connectivity index (χ3n) is 4.71. The van der Waals surface area contributed by atoms with Gasteiger partial charge in [-0.05, 0) is 39.0 Å². The first-order valence-electron chi connectivity index (χ1n) is 9.66. The summed E-state index contributed by atoms with van der Waals surface area (Å²) in [6.07, 6.45) is -4.44. The van der Waals surface area contributed by atoms with Gasteiger partial charge in [0, 0.05) is 6.08 Å². The van der Waals surface area contributed by atoms with Crippen molar-refractivity contribution in [2.24, 2.45) is 0 Å². The number of unbranched alkanes of at least 4 members (excludes halogenated alkanes) is 6. The second-order valence-electron chi connectivity index (χ2n) is 7.46. The van der Waals surface area contributed by atoms with E-state index in [0.717, 1.165) is 48.3 Å². The Labute approximate surface area is 198 Å². The van der Waals surface area contributed by atoms with E-state index in [0.29, 0.717) is 12.8 Å². The Morgan fingerprint density at radius 1 is 0.529 bits per heavy atom. The van der Waals surface area contributed by atoms with Crippen molar-refractivity contribution in [2.75, 3.05) is 0 Å². The molecule has 0 aromatic rings. The van der Waals surface area contributed by atoms with E-state index in [1.807, 2.05) is 6.92 Å². The molecular weight excluding hydrogens is 628 g/mol. The van der Waals surface area contributed by atoms with Gasteiger partial charge < -0.3 is 0 Å². The highest BCUT2D eigenvalue weighted by atomic mass is 127. The van der Waals surface area contributed by atoms with Gasteiger partial charge in [0.15, 0.2) is 0 Å². The SMILES string of the molecule is CCCCCCCCCC(I)=CC(F)(F)C(F)(F)C(F)(F)C(F)(F)C(F)(F)C(F)(F)C(F)(F)F. The Bertz CT molecular complexity index is 679. The second-order valence-corrected chi connectivity index (χ2v) is 8.84. The molecule has 0 spiro atoms. The lowest BCUT2D eigenvalue weighted by Gasteiger charge is -2.41. The monoisotopic (exact) mass is 648 g/mol. The van der Waals surface area contributed by atoms with E-state index in [-0.39, 0.29) is 6.42 Å². The molecule has 0 amide bonds. The fourth-order valence-electron chi connectivity index (χ4n) is 2.59. The molecule has 0 heterocycles. The summed E-state index contributed by atoms with van der Waals surface area (Å²) in [5, 5.41) is 0. The predicted molar refractivity (Wildman–Crippen MR) is 100 cm³/mol. The summed E-state index contributed by atoms with van der Waals surface area (Å²) in [5.41, 5.74) is 0. The Hall–Kier alpha value is -0.580. The lowest BCUT2D eigenvalue weighted by atomic mass is 9.91. The van der Waals surface area contributed by atoms with Crippen LogP contribution in [0, 0.1) is 0 Å². The molecule has 16 heteroatoms. The van der Waals surface area contributed by atoms with Gasteiger partial charge in [-0.3, -0.25) is 0 Å². The van der Waals surface area contributed by atoms with Crippen LogP contribution in [0.15, 0.2) is 9.66 Å². The van der Waals surface area contributed by atoms with Crippen molar-refractivity contribution in [2.45, 2.75) is 100 Å². The highest BCUT2D eigenvalue weighted by Gasteiger charge is 2.93. The highest BCUT2D eigenvalue weighted by molar-refractivity contribution is 14.1. The molecule has 0 radical (unpaired) electrons. The van der Waals surface area contributed by atoms with E-state index in [9.17, 15) is 65.9 Å². The summed E-state index contributed by atoms with van der Waals surface area (Å²) in [7, 11) is 0. The van der Waals surface area contributed by atoms with Gasteiger partial charge in [0.1, 0.15) is 0 Å². The second kappa shape index (κ2) is 11.2. The van der Waals surface area contributed by atoms with E-state index >= 15 is 0 Å². The summed E-state index contributed by atoms with van der Waals surface area (Å²) in [4.78, 5) is 0. The molecule has 0 aromatic heterocycles. The van der Waals surface area contributed by atoms with Gasteiger partial charge in [-0.25, -0.2) is 0 Å². The van der Waals surface area contributed by atoms with E-state index in [1.54, 1.807) is 0 Å². The minimum atomic E-state index is -8.25. The van der Waals surface area contributed by atoms with Gasteiger partial charge in [0.05, 0.1) is 0 Å². The first kappa shape index (κ1) is 33.4. The van der Waals surface area contributed by atoms with Gasteiger partial charge in [-0.1, -0.05) is 45.4 Å². The standard InChI is InChI=1S/C18H20F15I/c1-2-3-4-5-6-7-8-9-11(34)10-12(19,20)13(21,22)14(23,24)15(25,26)16(27,28)17(29,30)18(31,32)33/h10H,2-9H2,1H3. The molecule has 0 fully saturated rings. The zero-order valence-corrected chi connectivity index (χ0v) is 19.4. The van der Waals surface area contributed by atoms with Crippen molar-refractivity contribution in [3.8, 4) is 0 Å². The van der Waals surface area contributed by atoms with Crippen molar-refractivity contribution in [3.63, 3.8) is 0 Å². The minimum Gasteiger partial charge on any atom is -0.195 e. The fourth-order valence-corrected chi connectivity index (χ4v) is 3.36. The number of alkyl halides is 15. The first-order chi connectivity index (χ1) is 15.0. The van der Waals surface area contributed by atoms with Crippen LogP contribution in [-0.2, 0) is 0 Å². The quantitative estimate of drug-likeness (QED) is 0.100. The summed E-state index contributed by atoms with van der Waals surface area (Å²) < 4.78 is 196. The number of hydrogen-bond donors (Lipinski definition) is 0. The molecular formula is C18H20F15I. The average Bonchev–Trinajstić information content (AvgIpc) is 2.65. The summed E-state index contributed by atoms with van der Waals surface area (Å²) in [6, 6.07) is 0. The molecule has 0 atom stereocenters. The van der Waals surface area contributed by atoms with Crippen molar-refractivity contribution < 1.29 is 65.9 Å². The van der Waals surface area contributed by atoms with Crippen LogP contribution in [0.25, 0.3) is 0 Å². The Morgan fingerprint density at radius 3 is 1.29 bits per heavy atom. The Balaban J connectivity index is 5.80. The van der Waals surface area contributed by atoms with Crippen LogP contribution in [0.4, 0.5) is 65.9 Å². The minimum absolute atomic E-state index is 0.0744. The van der Waals surface area contributed by atoms with Crippen LogP contribution in [0.1, 0.15) is 58.3 Å². The molecule has 0 nitrogen and oxygen atoms in total. The van der Waals surface area contributed by atoms with Gasteiger partial charge in [0.25, 0.3) is 0 Å². The zero-order chi connectivity index (χ0) is 27.4. The molecule has 0 aliphatic rings. The number of allylic oxidation sites excluding steroid dienone is 2. The van der Waals surface area contributed by atoms with Crippen molar-refractivity contribution >= 4 is 22.6 Å². The van der Waals surface area contributed by atoms with E-state index in [4.69, 9.17) is 0 Å². The number of rotatable bonds is 14. The molecule has 0 aromatic carbocycles. The van der Waals surface area contributed by atoms with Crippen LogP contribution in [0.3, 0.4) is 0 Å². The summed E-state index contributed by atoms with van der Waals surface area (Å²) in [5.74, 6) is -46.2. The third-order valence-corrected chi connectivity index (χ3v) is 5.56. The lowest BCUT2D eigenvalue weighted by Crippen LogP contribution is -2.72. The van der Waals surface area contributed by atoms with Crippen LogP contribution < -0.4 is 0 Å². The molecule has 0 bridgehead atoms. The maximum absolute atomic E-state index is 13.8. The van der Waals surface area contributed by atoms with Crippen LogP contribution in [0.2, 0.25) is 0 Å². The largest absolute Gasteiger partial charge is 0.460 e. The van der Waals surface area contributed by atoms with E-state index < -0.39 is 57.8 Å². The molecule has 0 saturated carbocycles. The van der Waals surface area contributed by atoms with Gasteiger partial charge in [0.2, 0.25) is 0 Å². The topological polar surface area (TPSA) is 0 Å². The van der Waals surface area contributed by atoms with Gasteiger partial charge >= 0.3 is 41.7 Å². The van der Waals surface area contributed by atoms with E-state index in [2.05, 4.69) is 0 Å². The molecule has 0 aliphatic carbocycles. The maximum atomic E-state index is 13.8. The molecule has 0 unspecified atom stereocenters. The average molecular weight is 648 g/mol. The third kappa shape index (κ3) is 6.40. The van der Waals surface area contributed by atoms with Crippen LogP contribution >= 0.6 is 22.6 Å². The van der Waals surface area contributed by atoms with Crippen molar-refractivity contribution in [1.82, 2.24) is 0 Å². The Morgan fingerprint density at radius 2 is 0.882 bits per heavy atom. The molecule has 204 valence electrons. The maximum Gasteiger partial charge on any atom is 0.460 e. The van der Waals surface area contributed by atoms with Gasteiger partial charge in [-0.2, -0.15) is 65.9 Å². The van der Waals surface area contributed by atoms with Crippen LogP contribution in [0.5, 0.6) is 0 Å². The molecule has 0 N–H and O–H groups in total. The van der Waals surface area contributed by atoms with Gasteiger partial charge in [-0.15, -0.1) is 0 Å². The molecule has 34 heavy (non-hydrogen) atoms. The molecule has 0 saturated heterocycles. The van der Waals surface area contributed by atoms with Crippen molar-refractivity contribution in [1.29, 1.82) is 0 Å². The highest BCUT2D eigenvalue weighted by Crippen LogP contribution is 2.62. The van der Waals surface area contributed by atoms with Crippen LogP contribution in [-0.4, -0.2) is 41.7 Å². The molecule has 0 aliphatic heterocycles. The summed E-state index contributed by atoms with van der Waals surface area (Å²) in [6.45, 7) is 1.94. The first-order valence-corrected chi connectivity index (χ1v) is 10.7. The lowest BCUT2D eigenvalue weighted by molar-refractivity contribution is -0.449. The normalized spacial score (nSPS) is 15.7. The number of hydrogen-bond acceptors (Lipinski definition) is 0. The Kier molecular flexibility index (Phi) is 11.0. The smallest absolute Gasteiger partial charge is 0.195 e. The van der Waals surface area contributed by atoms with E-state index in [1.165, 1.54) is 0 Å². The predicted octanol–water partition coefficient (Wildman–Crippen LogP) is 9.82. The fraction of sp³-hybridized carbons (Fsp3) is 0.889. The van der Waals surface area contributed by atoms with Crippen molar-refractivity contribution in [3.05, 3.63) is 9.66 Å².